The van der Waals surface area contributed by atoms with E-state index in [0.29, 0.717) is 13.2 Å². The van der Waals surface area contributed by atoms with Crippen molar-refractivity contribution in [1.29, 1.82) is 0 Å². The summed E-state index contributed by atoms with van der Waals surface area (Å²) in [5, 5.41) is 0. The van der Waals surface area contributed by atoms with Crippen molar-refractivity contribution < 1.29 is 9.47 Å². The van der Waals surface area contributed by atoms with Gasteiger partial charge >= 0.3 is 0 Å². The first kappa shape index (κ1) is 19.2. The minimum absolute atomic E-state index is 0.134. The lowest BCUT2D eigenvalue weighted by molar-refractivity contribution is -0.0244. The molecule has 0 saturated heterocycles. The maximum absolute atomic E-state index is 6.00. The van der Waals surface area contributed by atoms with Gasteiger partial charge in [-0.1, -0.05) is 39.0 Å². The van der Waals surface area contributed by atoms with Gasteiger partial charge in [-0.15, -0.1) is 0 Å². The van der Waals surface area contributed by atoms with E-state index in [1.54, 1.807) is 0 Å². The number of benzene rings is 1. The van der Waals surface area contributed by atoms with Crippen molar-refractivity contribution in [3.63, 3.8) is 0 Å². The molecule has 126 valence electrons. The van der Waals surface area contributed by atoms with Crippen LogP contribution < -0.4 is 0 Å². The van der Waals surface area contributed by atoms with Gasteiger partial charge in [0.1, 0.15) is 0 Å². The third-order valence-corrected chi connectivity index (χ3v) is 3.39. The fourth-order valence-corrected chi connectivity index (χ4v) is 1.96. The molecular weight excluding hydrogens is 272 g/mol. The van der Waals surface area contributed by atoms with Gasteiger partial charge in [0.2, 0.25) is 0 Å². The van der Waals surface area contributed by atoms with E-state index < -0.39 is 0 Å². The van der Waals surface area contributed by atoms with Gasteiger partial charge in [0.05, 0.1) is 24.4 Å². The van der Waals surface area contributed by atoms with Crippen LogP contribution in [0.25, 0.3) is 0 Å². The molecule has 22 heavy (non-hydrogen) atoms. The molecule has 1 aromatic rings. The van der Waals surface area contributed by atoms with E-state index in [1.807, 2.05) is 0 Å². The summed E-state index contributed by atoms with van der Waals surface area (Å²) in [5.74, 6) is 0. The Morgan fingerprint density at radius 3 is 1.55 bits per heavy atom. The van der Waals surface area contributed by atoms with Gasteiger partial charge in [0.15, 0.2) is 0 Å². The van der Waals surface area contributed by atoms with Crippen LogP contribution in [0.15, 0.2) is 18.2 Å². The Hall–Kier alpha value is -0.860. The van der Waals surface area contributed by atoms with Crippen molar-refractivity contribution in [3.8, 4) is 0 Å². The summed E-state index contributed by atoms with van der Waals surface area (Å²) < 4.78 is 12.0. The third kappa shape index (κ3) is 6.93. The first-order chi connectivity index (χ1) is 9.78. The molecule has 0 bridgehead atoms. The van der Waals surface area contributed by atoms with E-state index in [2.05, 4.69) is 80.5 Å². The summed E-state index contributed by atoms with van der Waals surface area (Å²) >= 11 is 0. The lowest BCUT2D eigenvalue weighted by Gasteiger charge is -2.25. The van der Waals surface area contributed by atoms with Crippen molar-refractivity contribution in [2.45, 2.75) is 92.1 Å². The standard InChI is InChI=1S/C20H34O2/c1-18(2,3)17-11-10-15(13-21-19(4,5)6)16(12-17)14-22-20(7,8)9/h10-12H,13-14H2,1-9H3. The Kier molecular flexibility index (Phi) is 5.86. The van der Waals surface area contributed by atoms with Gasteiger partial charge in [0.25, 0.3) is 0 Å². The highest BCUT2D eigenvalue weighted by Gasteiger charge is 2.18. The lowest BCUT2D eigenvalue weighted by atomic mass is 9.85. The summed E-state index contributed by atoms with van der Waals surface area (Å²) in [4.78, 5) is 0. The molecule has 1 aromatic carbocycles. The summed E-state index contributed by atoms with van der Waals surface area (Å²) in [6, 6.07) is 6.67. The van der Waals surface area contributed by atoms with Crippen molar-refractivity contribution >= 4 is 0 Å². The molecular formula is C20H34O2. The monoisotopic (exact) mass is 306 g/mol. The molecule has 0 unspecified atom stereocenters. The van der Waals surface area contributed by atoms with Gasteiger partial charge in [0, 0.05) is 0 Å². The highest BCUT2D eigenvalue weighted by Crippen LogP contribution is 2.27. The molecule has 0 heterocycles. The molecule has 1 rings (SSSR count). The fourth-order valence-electron chi connectivity index (χ4n) is 1.96. The molecule has 2 nitrogen and oxygen atoms in total. The topological polar surface area (TPSA) is 18.5 Å². The van der Waals surface area contributed by atoms with Gasteiger partial charge in [-0.3, -0.25) is 0 Å². The maximum atomic E-state index is 6.00. The average Bonchev–Trinajstić information content (AvgIpc) is 2.31. The van der Waals surface area contributed by atoms with Crippen LogP contribution in [0.4, 0.5) is 0 Å². The van der Waals surface area contributed by atoms with Crippen LogP contribution in [-0.4, -0.2) is 11.2 Å². The van der Waals surface area contributed by atoms with Gasteiger partial charge in [-0.25, -0.2) is 0 Å². The van der Waals surface area contributed by atoms with E-state index in [1.165, 1.54) is 16.7 Å². The first-order valence-corrected chi connectivity index (χ1v) is 8.18. The van der Waals surface area contributed by atoms with E-state index >= 15 is 0 Å². The normalized spacial score (nSPS) is 13.5. The van der Waals surface area contributed by atoms with Crippen LogP contribution in [-0.2, 0) is 28.1 Å². The molecule has 0 aromatic heterocycles. The summed E-state index contributed by atoms with van der Waals surface area (Å²) in [5.41, 5.74) is 3.64. The largest absolute Gasteiger partial charge is 0.371 e. The smallest absolute Gasteiger partial charge is 0.0727 e. The van der Waals surface area contributed by atoms with E-state index in [0.717, 1.165) is 0 Å². The second-order valence-corrected chi connectivity index (χ2v) is 9.04. The van der Waals surface area contributed by atoms with Crippen LogP contribution in [0.1, 0.15) is 79.0 Å². The van der Waals surface area contributed by atoms with E-state index in [4.69, 9.17) is 9.47 Å². The second kappa shape index (κ2) is 6.72. The predicted molar refractivity (Wildman–Crippen MR) is 94.2 cm³/mol. The zero-order chi connectivity index (χ0) is 17.2. The molecule has 0 radical (unpaired) electrons. The SMILES string of the molecule is CC(C)(C)OCc1ccc(C(C)(C)C)cc1COC(C)(C)C. The van der Waals surface area contributed by atoms with Crippen molar-refractivity contribution in [2.75, 3.05) is 0 Å². The summed E-state index contributed by atoms with van der Waals surface area (Å²) in [6.07, 6.45) is 0. The molecule has 2 heteroatoms. The Balaban J connectivity index is 3.03. The molecule has 0 atom stereocenters. The van der Waals surface area contributed by atoms with Crippen molar-refractivity contribution in [3.05, 3.63) is 34.9 Å². The van der Waals surface area contributed by atoms with Gasteiger partial charge in [-0.05, 0) is 63.6 Å². The molecule has 0 amide bonds. The first-order valence-electron chi connectivity index (χ1n) is 8.18. The molecule has 0 saturated carbocycles. The molecule has 0 aliphatic carbocycles. The number of rotatable bonds is 4. The Bertz CT molecular complexity index is 482. The third-order valence-electron chi connectivity index (χ3n) is 3.39. The zero-order valence-electron chi connectivity index (χ0n) is 16.0. The van der Waals surface area contributed by atoms with Gasteiger partial charge < -0.3 is 9.47 Å². The second-order valence-electron chi connectivity index (χ2n) is 9.04. The molecule has 0 fully saturated rings. The minimum Gasteiger partial charge on any atom is -0.371 e. The Morgan fingerprint density at radius 2 is 1.14 bits per heavy atom. The quantitative estimate of drug-likeness (QED) is 0.719. The predicted octanol–water partition coefficient (Wildman–Crippen LogP) is 5.61. The molecule has 0 aliphatic rings. The molecule has 0 spiro atoms. The van der Waals surface area contributed by atoms with Crippen LogP contribution in [0.5, 0.6) is 0 Å². The van der Waals surface area contributed by atoms with Crippen molar-refractivity contribution in [2.24, 2.45) is 0 Å². The lowest BCUT2D eigenvalue weighted by Crippen LogP contribution is -2.21. The molecule has 0 aliphatic heterocycles. The summed E-state index contributed by atoms with van der Waals surface area (Å²) in [6.45, 7) is 20.5. The average molecular weight is 306 g/mol. The highest BCUT2D eigenvalue weighted by atomic mass is 16.5. The number of hydrogen-bond acceptors (Lipinski definition) is 2. The fraction of sp³-hybridized carbons (Fsp3) is 0.700. The summed E-state index contributed by atoms with van der Waals surface area (Å²) in [7, 11) is 0. The minimum atomic E-state index is -0.139. The van der Waals surface area contributed by atoms with Crippen molar-refractivity contribution in [1.82, 2.24) is 0 Å². The molecule has 0 N–H and O–H groups in total. The highest BCUT2D eigenvalue weighted by molar-refractivity contribution is 5.34. The number of hydrogen-bond donors (Lipinski definition) is 0. The van der Waals surface area contributed by atoms with Crippen LogP contribution in [0.2, 0.25) is 0 Å². The Morgan fingerprint density at radius 1 is 0.682 bits per heavy atom. The number of ether oxygens (including phenoxy) is 2. The van der Waals surface area contributed by atoms with Gasteiger partial charge in [-0.2, -0.15) is 0 Å². The van der Waals surface area contributed by atoms with Crippen LogP contribution in [0, 0.1) is 0 Å². The van der Waals surface area contributed by atoms with Crippen LogP contribution in [0.3, 0.4) is 0 Å². The van der Waals surface area contributed by atoms with Crippen LogP contribution >= 0.6 is 0 Å². The maximum Gasteiger partial charge on any atom is 0.0727 e. The van der Waals surface area contributed by atoms with E-state index in [9.17, 15) is 0 Å². The van der Waals surface area contributed by atoms with E-state index in [-0.39, 0.29) is 16.6 Å². The zero-order valence-corrected chi connectivity index (χ0v) is 16.0. The Labute approximate surface area is 137 Å².